The quantitative estimate of drug-likeness (QED) is 0.257. The van der Waals surface area contributed by atoms with E-state index >= 15 is 0 Å². The molecule has 2 heterocycles. The summed E-state index contributed by atoms with van der Waals surface area (Å²) in [5, 5.41) is 42.2. The van der Waals surface area contributed by atoms with E-state index in [1.165, 1.54) is 11.8 Å². The van der Waals surface area contributed by atoms with E-state index in [-0.39, 0.29) is 19.1 Å². The number of nitrogens with zero attached hydrogens (tertiary/aromatic N) is 4. The molecule has 0 aliphatic carbocycles. The number of allylic oxidation sites excluding steroid dienone is 1. The molecular formula is C30H35N5O5. The monoisotopic (exact) mass is 545 g/mol. The number of rotatable bonds is 12. The summed E-state index contributed by atoms with van der Waals surface area (Å²) in [6, 6.07) is 14.5. The number of fused-ring (bicyclic) bond motifs is 1. The fraction of sp³-hybridized carbons (Fsp3) is 0.333. The highest BCUT2D eigenvalue weighted by atomic mass is 16.3. The van der Waals surface area contributed by atoms with Gasteiger partial charge in [-0.15, -0.1) is 11.7 Å². The van der Waals surface area contributed by atoms with Gasteiger partial charge in [-0.1, -0.05) is 60.7 Å². The molecule has 0 fully saturated rings. The lowest BCUT2D eigenvalue weighted by molar-refractivity contribution is -0.139. The molecule has 10 nitrogen and oxygen atoms in total. The van der Waals surface area contributed by atoms with Gasteiger partial charge >= 0.3 is 0 Å². The van der Waals surface area contributed by atoms with Crippen LogP contribution >= 0.6 is 0 Å². The number of hydrogen-bond donors (Lipinski definition) is 4. The topological polar surface area (TPSA) is 141 Å². The molecule has 2 aromatic carbocycles. The highest BCUT2D eigenvalue weighted by Crippen LogP contribution is 2.46. The van der Waals surface area contributed by atoms with Crippen molar-refractivity contribution in [2.45, 2.75) is 44.4 Å². The molecule has 1 aliphatic rings. The molecule has 3 aromatic rings. The molecule has 0 spiro atoms. The van der Waals surface area contributed by atoms with E-state index in [9.17, 15) is 24.9 Å². The van der Waals surface area contributed by atoms with Crippen molar-refractivity contribution in [1.29, 1.82) is 0 Å². The van der Waals surface area contributed by atoms with Crippen molar-refractivity contribution in [2.24, 2.45) is 5.92 Å². The molecule has 1 aromatic heterocycles. The van der Waals surface area contributed by atoms with E-state index in [1.807, 2.05) is 42.6 Å². The zero-order chi connectivity index (χ0) is 28.9. The van der Waals surface area contributed by atoms with Gasteiger partial charge in [-0.3, -0.25) is 14.3 Å². The maximum Gasteiger partial charge on any atom is 0.264 e. The maximum absolute atomic E-state index is 13.4. The molecule has 1 unspecified atom stereocenters. The molecule has 1 aliphatic heterocycles. The number of aliphatic hydroxyl groups is 3. The number of benzene rings is 2. The third-order valence-corrected chi connectivity index (χ3v) is 7.13. The van der Waals surface area contributed by atoms with Gasteiger partial charge in [0.15, 0.2) is 5.60 Å². The van der Waals surface area contributed by atoms with Gasteiger partial charge in [0.1, 0.15) is 6.10 Å². The second kappa shape index (κ2) is 12.4. The van der Waals surface area contributed by atoms with Crippen molar-refractivity contribution in [1.82, 2.24) is 15.0 Å². The molecule has 0 saturated carbocycles. The van der Waals surface area contributed by atoms with Crippen molar-refractivity contribution in [3.8, 4) is 0 Å². The summed E-state index contributed by atoms with van der Waals surface area (Å²) in [6.45, 7) is 7.50. The first-order chi connectivity index (χ1) is 19.2. The number of amides is 2. The summed E-state index contributed by atoms with van der Waals surface area (Å²) in [5.74, 6) is -1.93. The van der Waals surface area contributed by atoms with Crippen LogP contribution in [0, 0.1) is 5.92 Å². The minimum atomic E-state index is -1.86. The van der Waals surface area contributed by atoms with Gasteiger partial charge in [0, 0.05) is 36.5 Å². The van der Waals surface area contributed by atoms with E-state index in [4.69, 9.17) is 0 Å². The standard InChI is InChI=1S/C30H35N5O5/c1-4-15-35-27-14-13-23(31-28(38)21(3)37)17-25(27)30(40,29(35)39)20(2)10-8-9-16-34-18-26(32-33-34)24(19-36)22-11-6-5-7-12-22/h4-8,10-14,17-18,20-21,24,36-37,40H,1,9,15-16,19H2,2-3H3,(H,31,38)/b10-8+/t20-,21-,24?,30+/m0/s1. The van der Waals surface area contributed by atoms with E-state index < -0.39 is 29.4 Å². The van der Waals surface area contributed by atoms with Crippen molar-refractivity contribution in [3.05, 3.63) is 96.4 Å². The molecule has 210 valence electrons. The van der Waals surface area contributed by atoms with E-state index in [0.29, 0.717) is 35.6 Å². The van der Waals surface area contributed by atoms with Gasteiger partial charge in [-0.25, -0.2) is 0 Å². The van der Waals surface area contributed by atoms with Gasteiger partial charge in [0.25, 0.3) is 11.8 Å². The fourth-order valence-corrected chi connectivity index (χ4v) is 4.87. The van der Waals surface area contributed by atoms with Crippen LogP contribution in [0.25, 0.3) is 0 Å². The molecule has 10 heteroatoms. The second-order valence-electron chi connectivity index (χ2n) is 9.93. The minimum absolute atomic E-state index is 0.0818. The largest absolute Gasteiger partial charge is 0.395 e. The maximum atomic E-state index is 13.4. The minimum Gasteiger partial charge on any atom is -0.395 e. The molecule has 4 rings (SSSR count). The Balaban J connectivity index is 1.48. The molecule has 0 saturated heterocycles. The highest BCUT2D eigenvalue weighted by Gasteiger charge is 2.52. The number of carbonyl (C=O) groups is 2. The third-order valence-electron chi connectivity index (χ3n) is 7.13. The predicted molar refractivity (Wildman–Crippen MR) is 152 cm³/mol. The van der Waals surface area contributed by atoms with Crippen LogP contribution in [0.2, 0.25) is 0 Å². The number of aliphatic hydroxyl groups excluding tert-OH is 2. The van der Waals surface area contributed by atoms with Crippen molar-refractivity contribution >= 4 is 23.2 Å². The number of hydrogen-bond acceptors (Lipinski definition) is 7. The van der Waals surface area contributed by atoms with E-state index in [0.717, 1.165) is 5.56 Å². The van der Waals surface area contributed by atoms with Gasteiger partial charge in [0.2, 0.25) is 0 Å². The summed E-state index contributed by atoms with van der Waals surface area (Å²) < 4.78 is 1.70. The van der Waals surface area contributed by atoms with Crippen LogP contribution in [-0.4, -0.2) is 61.4 Å². The second-order valence-corrected chi connectivity index (χ2v) is 9.93. The summed E-state index contributed by atoms with van der Waals surface area (Å²) >= 11 is 0. The molecule has 4 atom stereocenters. The number of nitrogens with one attached hydrogen (secondary N) is 1. The number of carbonyl (C=O) groups excluding carboxylic acids is 2. The Morgan fingerprint density at radius 2 is 1.95 bits per heavy atom. The van der Waals surface area contributed by atoms with Crippen LogP contribution < -0.4 is 10.2 Å². The van der Waals surface area contributed by atoms with Gasteiger partial charge < -0.3 is 25.5 Å². The Bertz CT molecular complexity index is 1390. The Hall–Kier alpha value is -4.12. The molecule has 0 bridgehead atoms. The number of aryl methyl sites for hydroxylation is 1. The summed E-state index contributed by atoms with van der Waals surface area (Å²) in [5.41, 5.74) is 1.05. The molecule has 0 radical (unpaired) electrons. The smallest absolute Gasteiger partial charge is 0.264 e. The predicted octanol–water partition coefficient (Wildman–Crippen LogP) is 2.72. The first kappa shape index (κ1) is 28.9. The fourth-order valence-electron chi connectivity index (χ4n) is 4.87. The van der Waals surface area contributed by atoms with Crippen molar-refractivity contribution in [2.75, 3.05) is 23.4 Å². The van der Waals surface area contributed by atoms with Gasteiger partial charge in [-0.2, -0.15) is 0 Å². The zero-order valence-corrected chi connectivity index (χ0v) is 22.6. The number of aromatic nitrogens is 3. The summed E-state index contributed by atoms with van der Waals surface area (Å²) in [7, 11) is 0. The van der Waals surface area contributed by atoms with Crippen LogP contribution in [0.5, 0.6) is 0 Å². The van der Waals surface area contributed by atoms with E-state index in [2.05, 4.69) is 22.2 Å². The van der Waals surface area contributed by atoms with Crippen LogP contribution in [-0.2, 0) is 21.7 Å². The Labute approximate surface area is 233 Å². The molecule has 40 heavy (non-hydrogen) atoms. The van der Waals surface area contributed by atoms with Gasteiger partial charge in [0.05, 0.1) is 23.9 Å². The summed E-state index contributed by atoms with van der Waals surface area (Å²) in [4.78, 5) is 26.9. The number of anilines is 2. The molecule has 2 amide bonds. The van der Waals surface area contributed by atoms with E-state index in [1.54, 1.807) is 42.0 Å². The Kier molecular flexibility index (Phi) is 8.93. The zero-order valence-electron chi connectivity index (χ0n) is 22.6. The van der Waals surface area contributed by atoms with Gasteiger partial charge in [-0.05, 0) is 37.1 Å². The van der Waals surface area contributed by atoms with Crippen LogP contribution in [0.1, 0.15) is 43.0 Å². The average molecular weight is 546 g/mol. The third kappa shape index (κ3) is 5.74. The Morgan fingerprint density at radius 3 is 2.62 bits per heavy atom. The first-order valence-corrected chi connectivity index (χ1v) is 13.2. The lowest BCUT2D eigenvalue weighted by Gasteiger charge is -2.27. The lowest BCUT2D eigenvalue weighted by Crippen LogP contribution is -2.44. The Morgan fingerprint density at radius 1 is 1.20 bits per heavy atom. The van der Waals surface area contributed by atoms with Crippen molar-refractivity contribution < 1.29 is 24.9 Å². The molecular weight excluding hydrogens is 510 g/mol. The average Bonchev–Trinajstić information content (AvgIpc) is 3.50. The van der Waals surface area contributed by atoms with Crippen LogP contribution in [0.4, 0.5) is 11.4 Å². The normalized spacial score (nSPS) is 18.9. The first-order valence-electron chi connectivity index (χ1n) is 13.2. The van der Waals surface area contributed by atoms with Crippen molar-refractivity contribution in [3.63, 3.8) is 0 Å². The molecule has 4 N–H and O–H groups in total. The van der Waals surface area contributed by atoms with Crippen LogP contribution in [0.15, 0.2) is 79.5 Å². The SMILES string of the molecule is C=CCN1C(=O)[C@@](O)([C@@H](C)/C=C/CCn2cc(C(CO)c3ccccc3)nn2)c2cc(NC(=O)[C@H](C)O)ccc21. The lowest BCUT2D eigenvalue weighted by atomic mass is 9.82. The highest BCUT2D eigenvalue weighted by molar-refractivity contribution is 6.08. The van der Waals surface area contributed by atoms with Crippen LogP contribution in [0.3, 0.4) is 0 Å². The summed E-state index contributed by atoms with van der Waals surface area (Å²) in [6.07, 6.45) is 6.43.